The quantitative estimate of drug-likeness (QED) is 0.787. The monoisotopic (exact) mass is 393 g/mol. The number of sulfonamides is 1. The number of piperazine rings is 1. The van der Waals surface area contributed by atoms with Gasteiger partial charge in [-0.15, -0.1) is 10.2 Å². The minimum Gasteiger partial charge on any atom is -0.356 e. The smallest absolute Gasteiger partial charge is 0.246 e. The second kappa shape index (κ2) is 7.81. The predicted molar refractivity (Wildman–Crippen MR) is 105 cm³/mol. The van der Waals surface area contributed by atoms with Crippen molar-refractivity contribution in [1.29, 1.82) is 0 Å². The summed E-state index contributed by atoms with van der Waals surface area (Å²) in [7, 11) is -3.54. The van der Waals surface area contributed by atoms with Crippen LogP contribution in [-0.4, -0.2) is 72.4 Å². The Morgan fingerprint density at radius 1 is 1.07 bits per heavy atom. The zero-order valence-corrected chi connectivity index (χ0v) is 17.1. The fraction of sp³-hybridized carbons (Fsp3) is 0.588. The van der Waals surface area contributed by atoms with Crippen molar-refractivity contribution < 1.29 is 8.42 Å². The van der Waals surface area contributed by atoms with Gasteiger partial charge in [0.2, 0.25) is 10.0 Å². The first-order valence-electron chi connectivity index (χ1n) is 9.23. The Morgan fingerprint density at radius 3 is 2.22 bits per heavy atom. The van der Waals surface area contributed by atoms with Crippen molar-refractivity contribution in [3.05, 3.63) is 23.5 Å². The summed E-state index contributed by atoms with van der Waals surface area (Å²) < 4.78 is 27.4. The van der Waals surface area contributed by atoms with Crippen LogP contribution in [0.1, 0.15) is 25.2 Å². The van der Waals surface area contributed by atoms with E-state index in [0.29, 0.717) is 42.5 Å². The van der Waals surface area contributed by atoms with Gasteiger partial charge in [0.1, 0.15) is 4.90 Å². The second-order valence-corrected chi connectivity index (χ2v) is 8.45. The molecule has 10 heteroatoms. The minimum atomic E-state index is -3.54. The van der Waals surface area contributed by atoms with E-state index < -0.39 is 10.0 Å². The molecule has 3 heterocycles. The zero-order valence-electron chi connectivity index (χ0n) is 16.3. The number of hydrogen-bond acceptors (Lipinski definition) is 7. The molecule has 27 heavy (non-hydrogen) atoms. The van der Waals surface area contributed by atoms with Gasteiger partial charge in [-0.2, -0.15) is 9.40 Å². The molecule has 0 aliphatic carbocycles. The van der Waals surface area contributed by atoms with E-state index in [0.717, 1.165) is 24.7 Å². The van der Waals surface area contributed by atoms with Crippen LogP contribution < -0.4 is 9.80 Å². The molecule has 148 valence electrons. The van der Waals surface area contributed by atoms with Gasteiger partial charge >= 0.3 is 0 Å². The van der Waals surface area contributed by atoms with E-state index in [1.807, 2.05) is 12.1 Å². The van der Waals surface area contributed by atoms with Crippen molar-refractivity contribution in [3.63, 3.8) is 0 Å². The summed E-state index contributed by atoms with van der Waals surface area (Å²) in [5.74, 6) is 1.63. The zero-order chi connectivity index (χ0) is 19.6. The van der Waals surface area contributed by atoms with Crippen molar-refractivity contribution in [3.8, 4) is 0 Å². The van der Waals surface area contributed by atoms with Crippen LogP contribution in [-0.2, 0) is 10.0 Å². The number of H-pyrrole nitrogens is 1. The number of hydrogen-bond donors (Lipinski definition) is 1. The average Bonchev–Trinajstić information content (AvgIpc) is 3.02. The second-order valence-electron chi connectivity index (χ2n) is 6.58. The average molecular weight is 394 g/mol. The molecule has 2 aromatic rings. The Bertz CT molecular complexity index is 848. The van der Waals surface area contributed by atoms with Crippen LogP contribution in [0.25, 0.3) is 0 Å². The van der Waals surface area contributed by atoms with Gasteiger partial charge in [0.25, 0.3) is 0 Å². The fourth-order valence-electron chi connectivity index (χ4n) is 3.41. The first-order valence-corrected chi connectivity index (χ1v) is 10.7. The van der Waals surface area contributed by atoms with Crippen molar-refractivity contribution in [2.45, 2.75) is 32.6 Å². The summed E-state index contributed by atoms with van der Waals surface area (Å²) in [6.45, 7) is 11.3. The van der Waals surface area contributed by atoms with Crippen LogP contribution in [0.3, 0.4) is 0 Å². The molecule has 3 rings (SSSR count). The number of rotatable bonds is 6. The third-order valence-corrected chi connectivity index (χ3v) is 7.11. The maximum Gasteiger partial charge on any atom is 0.246 e. The van der Waals surface area contributed by atoms with E-state index in [2.05, 4.69) is 44.0 Å². The molecule has 1 N–H and O–H groups in total. The lowest BCUT2D eigenvalue weighted by Crippen LogP contribution is -2.49. The third kappa shape index (κ3) is 3.77. The SMILES string of the molecule is CCN(CC)c1ccc(N2CCN(S(=O)(=O)c3c(C)n[nH]c3C)CC2)nn1. The van der Waals surface area contributed by atoms with Crippen molar-refractivity contribution in [2.75, 3.05) is 49.1 Å². The van der Waals surface area contributed by atoms with E-state index in [1.165, 1.54) is 4.31 Å². The van der Waals surface area contributed by atoms with Gasteiger partial charge in [0, 0.05) is 39.3 Å². The van der Waals surface area contributed by atoms with Crippen LogP contribution >= 0.6 is 0 Å². The van der Waals surface area contributed by atoms with Gasteiger partial charge in [-0.3, -0.25) is 5.10 Å². The molecule has 1 saturated heterocycles. The highest BCUT2D eigenvalue weighted by molar-refractivity contribution is 7.89. The van der Waals surface area contributed by atoms with Gasteiger partial charge in [-0.25, -0.2) is 8.42 Å². The van der Waals surface area contributed by atoms with Gasteiger partial charge < -0.3 is 9.80 Å². The van der Waals surface area contributed by atoms with Gasteiger partial charge in [-0.05, 0) is 39.8 Å². The minimum absolute atomic E-state index is 0.291. The molecule has 1 aliphatic heterocycles. The highest BCUT2D eigenvalue weighted by atomic mass is 32.2. The summed E-state index contributed by atoms with van der Waals surface area (Å²) in [5, 5.41) is 15.4. The van der Waals surface area contributed by atoms with E-state index in [1.54, 1.807) is 13.8 Å². The number of aromatic amines is 1. The Balaban J connectivity index is 1.69. The number of anilines is 2. The molecule has 1 aliphatic rings. The molecule has 0 bridgehead atoms. The molecule has 0 radical (unpaired) electrons. The molecular formula is C17H27N7O2S. The largest absolute Gasteiger partial charge is 0.356 e. The van der Waals surface area contributed by atoms with Crippen LogP contribution in [0.2, 0.25) is 0 Å². The van der Waals surface area contributed by atoms with Crippen LogP contribution in [0, 0.1) is 13.8 Å². The number of nitrogens with one attached hydrogen (secondary N) is 1. The molecule has 0 saturated carbocycles. The van der Waals surface area contributed by atoms with Crippen LogP contribution in [0.4, 0.5) is 11.6 Å². The molecule has 0 unspecified atom stereocenters. The van der Waals surface area contributed by atoms with E-state index in [-0.39, 0.29) is 0 Å². The molecule has 1 fully saturated rings. The molecule has 0 amide bonds. The van der Waals surface area contributed by atoms with Crippen LogP contribution in [0.5, 0.6) is 0 Å². The van der Waals surface area contributed by atoms with Gasteiger partial charge in [0.05, 0.1) is 11.4 Å². The first kappa shape index (κ1) is 19.6. The molecule has 0 atom stereocenters. The highest BCUT2D eigenvalue weighted by Crippen LogP contribution is 2.24. The van der Waals surface area contributed by atoms with Gasteiger partial charge in [-0.1, -0.05) is 0 Å². The normalized spacial score (nSPS) is 15.9. The summed E-state index contributed by atoms with van der Waals surface area (Å²) in [6, 6.07) is 3.92. The Hall–Kier alpha value is -2.20. The van der Waals surface area contributed by atoms with E-state index in [4.69, 9.17) is 0 Å². The van der Waals surface area contributed by atoms with Crippen molar-refractivity contribution in [1.82, 2.24) is 24.7 Å². The van der Waals surface area contributed by atoms with Crippen molar-refractivity contribution in [2.24, 2.45) is 0 Å². The summed E-state index contributed by atoms with van der Waals surface area (Å²) in [5.41, 5.74) is 1.08. The standard InChI is InChI=1S/C17H27N7O2S/c1-5-22(6-2)15-7-8-16(21-20-15)23-9-11-24(12-10-23)27(25,26)17-13(3)18-19-14(17)4/h7-8H,5-6,9-12H2,1-4H3,(H,18,19). The summed E-state index contributed by atoms with van der Waals surface area (Å²) in [6.07, 6.45) is 0. The molecule has 0 spiro atoms. The molecule has 0 aromatic carbocycles. The Kier molecular flexibility index (Phi) is 5.66. The van der Waals surface area contributed by atoms with E-state index in [9.17, 15) is 8.42 Å². The fourth-order valence-corrected chi connectivity index (χ4v) is 5.16. The third-order valence-electron chi connectivity index (χ3n) is 4.94. The van der Waals surface area contributed by atoms with E-state index >= 15 is 0 Å². The number of aromatic nitrogens is 4. The number of nitrogens with zero attached hydrogens (tertiary/aromatic N) is 6. The molecule has 2 aromatic heterocycles. The topological polar surface area (TPSA) is 98.3 Å². The maximum atomic E-state index is 12.9. The van der Waals surface area contributed by atoms with Gasteiger partial charge in [0.15, 0.2) is 11.6 Å². The Morgan fingerprint density at radius 2 is 1.74 bits per heavy atom. The van der Waals surface area contributed by atoms with Crippen LogP contribution in [0.15, 0.2) is 17.0 Å². The van der Waals surface area contributed by atoms with Crippen molar-refractivity contribution >= 4 is 21.7 Å². The highest BCUT2D eigenvalue weighted by Gasteiger charge is 2.32. The summed E-state index contributed by atoms with van der Waals surface area (Å²) >= 11 is 0. The predicted octanol–water partition coefficient (Wildman–Crippen LogP) is 1.17. The molecule has 9 nitrogen and oxygen atoms in total. The lowest BCUT2D eigenvalue weighted by molar-refractivity contribution is 0.383. The Labute approximate surface area is 160 Å². The number of aryl methyl sites for hydroxylation is 2. The molecular weight excluding hydrogens is 366 g/mol. The lowest BCUT2D eigenvalue weighted by Gasteiger charge is -2.34. The lowest BCUT2D eigenvalue weighted by atomic mass is 10.3. The first-order chi connectivity index (χ1) is 12.9. The maximum absolute atomic E-state index is 12.9. The summed E-state index contributed by atoms with van der Waals surface area (Å²) in [4.78, 5) is 4.50.